The fourth-order valence-electron chi connectivity index (χ4n) is 3.05. The van der Waals surface area contributed by atoms with E-state index < -0.39 is 0 Å². The fraction of sp³-hybridized carbons (Fsp3) is 0.235. The van der Waals surface area contributed by atoms with Crippen molar-refractivity contribution in [3.63, 3.8) is 0 Å². The predicted octanol–water partition coefficient (Wildman–Crippen LogP) is 3.92. The molecule has 0 saturated carbocycles. The van der Waals surface area contributed by atoms with Crippen LogP contribution < -0.4 is 0 Å². The van der Waals surface area contributed by atoms with Crippen LogP contribution in [0.25, 0.3) is 11.1 Å². The SMILES string of the molecule is C[C@@H]1CCc2c(-c3ccc(O)cc3)ccc(C=O)c21. The first-order valence-electron chi connectivity index (χ1n) is 6.61. The van der Waals surface area contributed by atoms with Crippen LogP contribution in [0.3, 0.4) is 0 Å². The summed E-state index contributed by atoms with van der Waals surface area (Å²) in [7, 11) is 0. The van der Waals surface area contributed by atoms with Gasteiger partial charge in [-0.2, -0.15) is 0 Å². The molecule has 0 spiro atoms. The van der Waals surface area contributed by atoms with E-state index in [1.165, 1.54) is 16.7 Å². The van der Waals surface area contributed by atoms with Gasteiger partial charge in [-0.1, -0.05) is 31.2 Å². The standard InChI is InChI=1S/C17H16O2/c1-11-2-8-16-15(9-5-13(10-18)17(11)16)12-3-6-14(19)7-4-12/h3-7,9-11,19H,2,8H2,1H3/t11-/m1/s1. The molecule has 0 bridgehead atoms. The number of carbonyl (C=O) groups excluding carboxylic acids is 1. The largest absolute Gasteiger partial charge is 0.508 e. The topological polar surface area (TPSA) is 37.3 Å². The molecule has 1 N–H and O–H groups in total. The Hall–Kier alpha value is -2.09. The summed E-state index contributed by atoms with van der Waals surface area (Å²) >= 11 is 0. The highest BCUT2D eigenvalue weighted by Crippen LogP contribution is 2.40. The van der Waals surface area contributed by atoms with Crippen LogP contribution in [0.1, 0.15) is 40.7 Å². The Morgan fingerprint density at radius 2 is 1.89 bits per heavy atom. The number of hydrogen-bond acceptors (Lipinski definition) is 2. The van der Waals surface area contributed by atoms with E-state index in [4.69, 9.17) is 0 Å². The molecule has 1 aliphatic rings. The van der Waals surface area contributed by atoms with Crippen LogP contribution in [-0.4, -0.2) is 11.4 Å². The summed E-state index contributed by atoms with van der Waals surface area (Å²) in [5.74, 6) is 0.727. The van der Waals surface area contributed by atoms with Crippen molar-refractivity contribution in [1.82, 2.24) is 0 Å². The van der Waals surface area contributed by atoms with Gasteiger partial charge >= 0.3 is 0 Å². The van der Waals surface area contributed by atoms with E-state index >= 15 is 0 Å². The molecule has 0 unspecified atom stereocenters. The Bertz CT molecular complexity index is 626. The van der Waals surface area contributed by atoms with Crippen LogP contribution in [0.5, 0.6) is 5.75 Å². The summed E-state index contributed by atoms with van der Waals surface area (Å²) < 4.78 is 0. The molecule has 0 fully saturated rings. The molecule has 2 aromatic rings. The Labute approximate surface area is 112 Å². The molecule has 0 heterocycles. The van der Waals surface area contributed by atoms with Gasteiger partial charge in [0.05, 0.1) is 0 Å². The molecule has 3 rings (SSSR count). The second kappa shape index (κ2) is 4.54. The molecule has 0 radical (unpaired) electrons. The molecule has 2 heteroatoms. The van der Waals surface area contributed by atoms with Crippen molar-refractivity contribution in [2.45, 2.75) is 25.7 Å². The van der Waals surface area contributed by atoms with Gasteiger partial charge in [-0.3, -0.25) is 4.79 Å². The van der Waals surface area contributed by atoms with Gasteiger partial charge in [0, 0.05) is 5.56 Å². The average molecular weight is 252 g/mol. The number of phenolic OH excluding ortho intramolecular Hbond substituents is 1. The maximum Gasteiger partial charge on any atom is 0.150 e. The monoisotopic (exact) mass is 252 g/mol. The summed E-state index contributed by atoms with van der Waals surface area (Å²) in [5.41, 5.74) is 5.61. The Balaban J connectivity index is 2.19. The van der Waals surface area contributed by atoms with E-state index in [-0.39, 0.29) is 5.75 Å². The van der Waals surface area contributed by atoms with Gasteiger partial charge in [0.25, 0.3) is 0 Å². The molecule has 19 heavy (non-hydrogen) atoms. The van der Waals surface area contributed by atoms with Crippen molar-refractivity contribution in [3.05, 3.63) is 53.1 Å². The number of carbonyl (C=O) groups is 1. The molecular weight excluding hydrogens is 236 g/mol. The molecule has 1 aliphatic carbocycles. The third-order valence-corrected chi connectivity index (χ3v) is 4.02. The van der Waals surface area contributed by atoms with Gasteiger partial charge in [0.2, 0.25) is 0 Å². The third kappa shape index (κ3) is 1.93. The minimum absolute atomic E-state index is 0.276. The van der Waals surface area contributed by atoms with Crippen LogP contribution >= 0.6 is 0 Å². The minimum Gasteiger partial charge on any atom is -0.508 e. The molecule has 96 valence electrons. The van der Waals surface area contributed by atoms with Gasteiger partial charge in [0.1, 0.15) is 12.0 Å². The van der Waals surface area contributed by atoms with Gasteiger partial charge in [-0.15, -0.1) is 0 Å². The van der Waals surface area contributed by atoms with Crippen LogP contribution in [0.4, 0.5) is 0 Å². The molecule has 0 aliphatic heterocycles. The van der Waals surface area contributed by atoms with Crippen molar-refractivity contribution in [2.75, 3.05) is 0 Å². The normalized spacial score (nSPS) is 17.2. The Morgan fingerprint density at radius 3 is 2.58 bits per heavy atom. The predicted molar refractivity (Wildman–Crippen MR) is 75.7 cm³/mol. The summed E-state index contributed by atoms with van der Waals surface area (Å²) in [6.45, 7) is 2.18. The van der Waals surface area contributed by atoms with Crippen molar-refractivity contribution in [1.29, 1.82) is 0 Å². The van der Waals surface area contributed by atoms with Gasteiger partial charge in [-0.25, -0.2) is 0 Å². The number of aldehydes is 1. The van der Waals surface area contributed by atoms with Crippen LogP contribution in [0.15, 0.2) is 36.4 Å². The number of fused-ring (bicyclic) bond motifs is 1. The van der Waals surface area contributed by atoms with Gasteiger partial charge in [0.15, 0.2) is 0 Å². The molecule has 0 aromatic heterocycles. The summed E-state index contributed by atoms with van der Waals surface area (Å²) in [5, 5.41) is 9.37. The highest BCUT2D eigenvalue weighted by Gasteiger charge is 2.24. The maximum atomic E-state index is 11.2. The lowest BCUT2D eigenvalue weighted by atomic mass is 9.91. The summed E-state index contributed by atoms with van der Waals surface area (Å²) in [6, 6.07) is 11.2. The van der Waals surface area contributed by atoms with E-state index in [9.17, 15) is 9.90 Å². The average Bonchev–Trinajstić information content (AvgIpc) is 2.82. The molecular formula is C17H16O2. The maximum absolute atomic E-state index is 11.2. The number of aromatic hydroxyl groups is 1. The lowest BCUT2D eigenvalue weighted by Gasteiger charge is -2.13. The zero-order chi connectivity index (χ0) is 13.4. The summed E-state index contributed by atoms with van der Waals surface area (Å²) in [4.78, 5) is 11.2. The van der Waals surface area contributed by atoms with Gasteiger partial charge in [-0.05, 0) is 53.1 Å². The van der Waals surface area contributed by atoms with E-state index in [1.54, 1.807) is 12.1 Å². The molecule has 0 saturated heterocycles. The second-order valence-corrected chi connectivity index (χ2v) is 5.20. The van der Waals surface area contributed by atoms with E-state index in [2.05, 4.69) is 6.92 Å². The van der Waals surface area contributed by atoms with Gasteiger partial charge < -0.3 is 5.11 Å². The first-order valence-corrected chi connectivity index (χ1v) is 6.61. The van der Waals surface area contributed by atoms with Crippen molar-refractivity contribution >= 4 is 6.29 Å². The van der Waals surface area contributed by atoms with Crippen LogP contribution in [0, 0.1) is 0 Å². The highest BCUT2D eigenvalue weighted by atomic mass is 16.3. The zero-order valence-electron chi connectivity index (χ0n) is 10.9. The van der Waals surface area contributed by atoms with Crippen LogP contribution in [0.2, 0.25) is 0 Å². The van der Waals surface area contributed by atoms with Crippen molar-refractivity contribution < 1.29 is 9.90 Å². The minimum atomic E-state index is 0.276. The van der Waals surface area contributed by atoms with Crippen molar-refractivity contribution in [2.24, 2.45) is 0 Å². The van der Waals surface area contributed by atoms with Crippen molar-refractivity contribution in [3.8, 4) is 16.9 Å². The molecule has 0 amide bonds. The Kier molecular flexibility index (Phi) is 2.86. The lowest BCUT2D eigenvalue weighted by Crippen LogP contribution is -1.97. The van der Waals surface area contributed by atoms with E-state index in [0.29, 0.717) is 5.92 Å². The zero-order valence-corrected chi connectivity index (χ0v) is 10.9. The van der Waals surface area contributed by atoms with E-state index in [0.717, 1.165) is 30.3 Å². The van der Waals surface area contributed by atoms with Crippen LogP contribution in [-0.2, 0) is 6.42 Å². The smallest absolute Gasteiger partial charge is 0.150 e. The third-order valence-electron chi connectivity index (χ3n) is 4.02. The molecule has 1 atom stereocenters. The first kappa shape index (κ1) is 12.0. The number of phenols is 1. The number of rotatable bonds is 2. The van der Waals surface area contributed by atoms with E-state index in [1.807, 2.05) is 24.3 Å². The number of benzene rings is 2. The Morgan fingerprint density at radius 1 is 1.16 bits per heavy atom. The fourth-order valence-corrected chi connectivity index (χ4v) is 3.05. The highest BCUT2D eigenvalue weighted by molar-refractivity contribution is 5.83. The first-order chi connectivity index (χ1) is 9.20. The number of hydrogen-bond donors (Lipinski definition) is 1. The molecule has 2 nitrogen and oxygen atoms in total. The quantitative estimate of drug-likeness (QED) is 0.822. The lowest BCUT2D eigenvalue weighted by molar-refractivity contribution is 0.112. The molecule has 2 aromatic carbocycles. The summed E-state index contributed by atoms with van der Waals surface area (Å²) in [6.07, 6.45) is 3.08. The second-order valence-electron chi connectivity index (χ2n) is 5.20.